The lowest BCUT2D eigenvalue weighted by atomic mass is 10.1. The molecule has 1 saturated heterocycles. The molecule has 2 rings (SSSR count). The first-order chi connectivity index (χ1) is 13.1. The molecule has 8 heteroatoms. The third-order valence-corrected chi connectivity index (χ3v) is 6.58. The second kappa shape index (κ2) is 9.52. The van der Waals surface area contributed by atoms with Crippen molar-refractivity contribution in [2.45, 2.75) is 32.9 Å². The minimum absolute atomic E-state index is 0.0414. The van der Waals surface area contributed by atoms with E-state index in [1.165, 1.54) is 0 Å². The van der Waals surface area contributed by atoms with E-state index in [1.54, 1.807) is 24.1 Å². The van der Waals surface area contributed by atoms with Gasteiger partial charge in [0.05, 0.1) is 18.1 Å². The molecule has 0 aromatic heterocycles. The van der Waals surface area contributed by atoms with E-state index in [1.807, 2.05) is 37.9 Å². The monoisotopic (exact) mass is 409 g/mol. The average Bonchev–Trinajstić information content (AvgIpc) is 2.98. The smallest absolute Gasteiger partial charge is 0.251 e. The maximum atomic E-state index is 12.9. The number of carbonyl (C=O) groups excluding carboxylic acids is 2. The Morgan fingerprint density at radius 3 is 2.36 bits per heavy atom. The van der Waals surface area contributed by atoms with Crippen LogP contribution in [-0.2, 0) is 21.2 Å². The lowest BCUT2D eigenvalue weighted by Gasteiger charge is -2.31. The Bertz CT molecular complexity index is 790. The Kier molecular flexibility index (Phi) is 7.60. The first-order valence-corrected chi connectivity index (χ1v) is 11.4. The molecule has 2 amide bonds. The molecule has 1 fully saturated rings. The van der Waals surface area contributed by atoms with Crippen LogP contribution < -0.4 is 5.32 Å². The summed E-state index contributed by atoms with van der Waals surface area (Å²) in [5, 5.41) is 2.59. The third kappa shape index (κ3) is 6.31. The van der Waals surface area contributed by atoms with E-state index in [9.17, 15) is 18.0 Å². The Balaban J connectivity index is 1.99. The van der Waals surface area contributed by atoms with Gasteiger partial charge in [0.25, 0.3) is 5.91 Å². The van der Waals surface area contributed by atoms with Crippen LogP contribution in [0, 0.1) is 5.92 Å². The van der Waals surface area contributed by atoms with Gasteiger partial charge in [0.15, 0.2) is 9.84 Å². The van der Waals surface area contributed by atoms with Gasteiger partial charge in [-0.05, 0) is 37.1 Å². The van der Waals surface area contributed by atoms with Crippen molar-refractivity contribution in [1.29, 1.82) is 0 Å². The summed E-state index contributed by atoms with van der Waals surface area (Å²) in [7, 11) is 0.416. The fourth-order valence-corrected chi connectivity index (χ4v) is 5.19. The lowest BCUT2D eigenvalue weighted by Crippen LogP contribution is -2.47. The van der Waals surface area contributed by atoms with Crippen molar-refractivity contribution in [2.75, 3.05) is 38.7 Å². The Hall–Kier alpha value is -1.93. The van der Waals surface area contributed by atoms with Crippen LogP contribution in [-0.4, -0.2) is 74.8 Å². The van der Waals surface area contributed by atoms with E-state index in [2.05, 4.69) is 5.32 Å². The molecule has 1 aromatic carbocycles. The van der Waals surface area contributed by atoms with E-state index >= 15 is 0 Å². The zero-order valence-electron chi connectivity index (χ0n) is 17.1. The number of hydrogen-bond acceptors (Lipinski definition) is 5. The van der Waals surface area contributed by atoms with Crippen molar-refractivity contribution >= 4 is 21.7 Å². The third-order valence-electron chi connectivity index (χ3n) is 4.83. The molecular weight excluding hydrogens is 378 g/mol. The molecule has 1 aliphatic heterocycles. The number of nitrogens with one attached hydrogen (secondary N) is 1. The normalized spacial score (nSPS) is 18.4. The van der Waals surface area contributed by atoms with E-state index in [0.29, 0.717) is 25.1 Å². The summed E-state index contributed by atoms with van der Waals surface area (Å²) in [4.78, 5) is 28.2. The molecule has 1 heterocycles. The molecule has 1 N–H and O–H groups in total. The van der Waals surface area contributed by atoms with Gasteiger partial charge in [0.1, 0.15) is 0 Å². The van der Waals surface area contributed by atoms with Gasteiger partial charge in [0, 0.05) is 31.7 Å². The van der Waals surface area contributed by atoms with E-state index < -0.39 is 9.84 Å². The average molecular weight is 410 g/mol. The summed E-state index contributed by atoms with van der Waals surface area (Å²) >= 11 is 0. The van der Waals surface area contributed by atoms with Crippen LogP contribution in [0.5, 0.6) is 0 Å². The fraction of sp³-hybridized carbons (Fsp3) is 0.600. The molecule has 1 aromatic rings. The topological polar surface area (TPSA) is 86.8 Å². The molecule has 1 aliphatic rings. The molecule has 0 unspecified atom stereocenters. The first-order valence-electron chi connectivity index (χ1n) is 9.60. The van der Waals surface area contributed by atoms with Gasteiger partial charge in [-0.1, -0.05) is 26.0 Å². The second-order valence-corrected chi connectivity index (χ2v) is 10.2. The van der Waals surface area contributed by atoms with E-state index in [4.69, 9.17) is 0 Å². The van der Waals surface area contributed by atoms with Crippen molar-refractivity contribution in [3.05, 3.63) is 35.4 Å². The number of rotatable bonds is 8. The number of carbonyl (C=O) groups is 2. The second-order valence-electron chi connectivity index (χ2n) is 7.95. The maximum absolute atomic E-state index is 12.9. The minimum Gasteiger partial charge on any atom is -0.355 e. The van der Waals surface area contributed by atoms with Crippen LogP contribution in [0.15, 0.2) is 24.3 Å². The van der Waals surface area contributed by atoms with Crippen LogP contribution in [0.3, 0.4) is 0 Å². The van der Waals surface area contributed by atoms with Crippen molar-refractivity contribution < 1.29 is 18.0 Å². The molecule has 0 radical (unpaired) electrons. The van der Waals surface area contributed by atoms with Crippen molar-refractivity contribution in [1.82, 2.24) is 15.1 Å². The Morgan fingerprint density at radius 1 is 1.21 bits per heavy atom. The first kappa shape index (κ1) is 22.4. The van der Waals surface area contributed by atoms with Gasteiger partial charge in [-0.25, -0.2) is 8.42 Å². The van der Waals surface area contributed by atoms with Gasteiger partial charge in [-0.2, -0.15) is 0 Å². The Labute approximate surface area is 168 Å². The van der Waals surface area contributed by atoms with Gasteiger partial charge in [-0.3, -0.25) is 14.5 Å². The standard InChI is InChI=1S/C20H31N3O4S/c1-15(2)11-23(18-9-10-28(26,27)14-18)19(24)13-22(4)12-16-5-7-17(8-6-16)20(25)21-3/h5-8,15,18H,9-14H2,1-4H3,(H,21,25)/t18-/m1/s1. The number of likely N-dealkylation sites (N-methyl/N-ethyl adjacent to an activating group) is 1. The van der Waals surface area contributed by atoms with E-state index in [0.717, 1.165) is 5.56 Å². The molecule has 0 bridgehead atoms. The van der Waals surface area contributed by atoms with Crippen LogP contribution in [0.1, 0.15) is 36.2 Å². The molecule has 156 valence electrons. The highest BCUT2D eigenvalue weighted by atomic mass is 32.2. The van der Waals surface area contributed by atoms with Crippen LogP contribution in [0.2, 0.25) is 0 Å². The van der Waals surface area contributed by atoms with Crippen molar-refractivity contribution in [3.8, 4) is 0 Å². The zero-order valence-corrected chi connectivity index (χ0v) is 18.0. The predicted octanol–water partition coefficient (Wildman–Crippen LogP) is 1.15. The minimum atomic E-state index is -3.04. The SMILES string of the molecule is CNC(=O)c1ccc(CN(C)CC(=O)N(CC(C)C)[C@@H]2CCS(=O)(=O)C2)cc1. The zero-order chi connectivity index (χ0) is 20.9. The number of sulfone groups is 1. The number of nitrogens with zero attached hydrogens (tertiary/aromatic N) is 2. The maximum Gasteiger partial charge on any atom is 0.251 e. The number of benzene rings is 1. The van der Waals surface area contributed by atoms with Gasteiger partial charge < -0.3 is 10.2 Å². The van der Waals surface area contributed by atoms with Gasteiger partial charge >= 0.3 is 0 Å². The quantitative estimate of drug-likeness (QED) is 0.696. The summed E-state index contributed by atoms with van der Waals surface area (Å²) < 4.78 is 23.7. The van der Waals surface area contributed by atoms with Gasteiger partial charge in [0.2, 0.25) is 5.91 Å². The molecule has 7 nitrogen and oxygen atoms in total. The van der Waals surface area contributed by atoms with E-state index in [-0.39, 0.29) is 41.8 Å². The van der Waals surface area contributed by atoms with Crippen molar-refractivity contribution in [3.63, 3.8) is 0 Å². The molecule has 0 saturated carbocycles. The van der Waals surface area contributed by atoms with Crippen LogP contribution >= 0.6 is 0 Å². The highest BCUT2D eigenvalue weighted by Gasteiger charge is 2.34. The lowest BCUT2D eigenvalue weighted by molar-refractivity contribution is -0.134. The molecule has 0 aliphatic carbocycles. The van der Waals surface area contributed by atoms with Crippen LogP contribution in [0.4, 0.5) is 0 Å². The molecule has 0 spiro atoms. The summed E-state index contributed by atoms with van der Waals surface area (Å²) in [6.45, 7) is 5.41. The largest absolute Gasteiger partial charge is 0.355 e. The Morgan fingerprint density at radius 2 is 1.86 bits per heavy atom. The molecule has 1 atom stereocenters. The number of amides is 2. The predicted molar refractivity (Wildman–Crippen MR) is 110 cm³/mol. The summed E-state index contributed by atoms with van der Waals surface area (Å²) in [5.74, 6) is 0.324. The molecular formula is C20H31N3O4S. The van der Waals surface area contributed by atoms with Crippen molar-refractivity contribution in [2.24, 2.45) is 5.92 Å². The summed E-state index contributed by atoms with van der Waals surface area (Å²) in [5.41, 5.74) is 1.59. The van der Waals surface area contributed by atoms with Gasteiger partial charge in [-0.15, -0.1) is 0 Å². The molecule has 28 heavy (non-hydrogen) atoms. The number of hydrogen-bond donors (Lipinski definition) is 1. The highest BCUT2D eigenvalue weighted by Crippen LogP contribution is 2.19. The summed E-state index contributed by atoms with van der Waals surface area (Å²) in [6, 6.07) is 7.05. The fourth-order valence-electron chi connectivity index (χ4n) is 3.46. The van der Waals surface area contributed by atoms with Crippen LogP contribution in [0.25, 0.3) is 0 Å². The highest BCUT2D eigenvalue weighted by molar-refractivity contribution is 7.91. The summed E-state index contributed by atoms with van der Waals surface area (Å²) in [6.07, 6.45) is 0.519.